The van der Waals surface area contributed by atoms with Crippen LogP contribution in [-0.2, 0) is 6.42 Å². The van der Waals surface area contributed by atoms with Crippen LogP contribution in [0.25, 0.3) is 88.8 Å². The molecule has 0 bridgehead atoms. The Morgan fingerprint density at radius 2 is 0.941 bits per heavy atom. The van der Waals surface area contributed by atoms with Crippen molar-refractivity contribution < 1.29 is 0 Å². The average Bonchev–Trinajstić information content (AvgIpc) is 3.85. The van der Waals surface area contributed by atoms with Gasteiger partial charge in [0.1, 0.15) is 0 Å². The summed E-state index contributed by atoms with van der Waals surface area (Å²) in [5, 5.41) is 4.99. The highest BCUT2D eigenvalue weighted by Gasteiger charge is 2.21. The van der Waals surface area contributed by atoms with Gasteiger partial charge in [-0.25, -0.2) is 9.97 Å². The number of nitrogens with zero attached hydrogens (tertiary/aromatic N) is 4. The molecule has 3 heterocycles. The molecule has 1 aliphatic carbocycles. The van der Waals surface area contributed by atoms with Crippen LogP contribution in [0.2, 0.25) is 0 Å². The molecule has 0 spiro atoms. The lowest BCUT2D eigenvalue weighted by Crippen LogP contribution is -1.96. The summed E-state index contributed by atoms with van der Waals surface area (Å²) in [6.45, 7) is 0. The summed E-state index contributed by atoms with van der Waals surface area (Å²) in [7, 11) is 0. The van der Waals surface area contributed by atoms with Crippen molar-refractivity contribution in [2.75, 3.05) is 0 Å². The second-order valence-corrected chi connectivity index (χ2v) is 13.5. The lowest BCUT2D eigenvalue weighted by atomic mass is 10.0. The largest absolute Gasteiger partial charge is 0.309 e. The SMILES string of the molecule is c1ccc(-n2c3ccccc3c3cc(-c4ccc5c(c4)c4ccccc4n5-c4ccc(-c5ncc6c(n5)-c5ccccc5C6)cc4)ccc32)cc1. The van der Waals surface area contributed by atoms with Gasteiger partial charge in [0.15, 0.2) is 5.82 Å². The normalized spacial score (nSPS) is 12.2. The maximum absolute atomic E-state index is 5.03. The molecule has 7 aromatic carbocycles. The van der Waals surface area contributed by atoms with E-state index in [1.165, 1.54) is 77.1 Å². The van der Waals surface area contributed by atoms with Crippen LogP contribution in [0.15, 0.2) is 170 Å². The molecular formula is C47H30N4. The first kappa shape index (κ1) is 28.1. The zero-order chi connectivity index (χ0) is 33.5. The van der Waals surface area contributed by atoms with Crippen molar-refractivity contribution in [2.45, 2.75) is 6.42 Å². The summed E-state index contributed by atoms with van der Waals surface area (Å²) in [6, 6.07) is 59.0. The lowest BCUT2D eigenvalue weighted by Gasteiger charge is -2.10. The highest BCUT2D eigenvalue weighted by Crippen LogP contribution is 2.39. The van der Waals surface area contributed by atoms with E-state index in [4.69, 9.17) is 9.97 Å². The van der Waals surface area contributed by atoms with Gasteiger partial charge in [-0.1, -0.05) is 91.0 Å². The van der Waals surface area contributed by atoms with Gasteiger partial charge in [-0.2, -0.15) is 0 Å². The predicted molar refractivity (Wildman–Crippen MR) is 210 cm³/mol. The van der Waals surface area contributed by atoms with Crippen molar-refractivity contribution in [3.05, 3.63) is 181 Å². The summed E-state index contributed by atoms with van der Waals surface area (Å²) < 4.78 is 4.74. The van der Waals surface area contributed by atoms with E-state index in [9.17, 15) is 0 Å². The third-order valence-electron chi connectivity index (χ3n) is 10.6. The molecule has 3 aromatic heterocycles. The van der Waals surface area contributed by atoms with Crippen LogP contribution in [0.1, 0.15) is 11.1 Å². The molecule has 4 heteroatoms. The fourth-order valence-corrected chi connectivity index (χ4v) is 8.22. The number of rotatable bonds is 4. The number of benzene rings is 7. The van der Waals surface area contributed by atoms with E-state index in [-0.39, 0.29) is 0 Å². The minimum atomic E-state index is 0.757. The maximum atomic E-state index is 5.03. The fourth-order valence-electron chi connectivity index (χ4n) is 8.22. The maximum Gasteiger partial charge on any atom is 0.159 e. The van der Waals surface area contributed by atoms with Crippen LogP contribution in [0.3, 0.4) is 0 Å². The number of para-hydroxylation sites is 3. The van der Waals surface area contributed by atoms with E-state index >= 15 is 0 Å². The van der Waals surface area contributed by atoms with Gasteiger partial charge >= 0.3 is 0 Å². The van der Waals surface area contributed by atoms with Crippen LogP contribution in [0.5, 0.6) is 0 Å². The topological polar surface area (TPSA) is 35.6 Å². The van der Waals surface area contributed by atoms with Crippen molar-refractivity contribution in [3.63, 3.8) is 0 Å². The standard InChI is InChI=1S/C47H30N4/c1-2-11-35(12-3-1)50-42-16-8-6-14-38(42)40-27-31(20-24-44(40)50)32-21-25-45-41(28-32)39-15-7-9-17-43(39)51(45)36-22-18-30(19-23-36)47-48-29-34-26-33-10-4-5-13-37(33)46(34)49-47/h1-25,27-29H,26H2. The molecule has 238 valence electrons. The molecule has 0 fully saturated rings. The summed E-state index contributed by atoms with van der Waals surface area (Å²) in [5.74, 6) is 0.757. The van der Waals surface area contributed by atoms with Crippen LogP contribution in [-0.4, -0.2) is 19.1 Å². The molecule has 0 radical (unpaired) electrons. The van der Waals surface area contributed by atoms with Gasteiger partial charge in [-0.3, -0.25) is 0 Å². The zero-order valence-electron chi connectivity index (χ0n) is 27.7. The van der Waals surface area contributed by atoms with Crippen LogP contribution in [0, 0.1) is 0 Å². The first-order valence-corrected chi connectivity index (χ1v) is 17.5. The van der Waals surface area contributed by atoms with E-state index < -0.39 is 0 Å². The number of aromatic nitrogens is 4. The van der Waals surface area contributed by atoms with Crippen LogP contribution < -0.4 is 0 Å². The molecule has 0 N–H and O–H groups in total. The molecule has 10 aromatic rings. The summed E-state index contributed by atoms with van der Waals surface area (Å²) in [4.78, 5) is 9.80. The van der Waals surface area contributed by atoms with Crippen molar-refractivity contribution in [1.82, 2.24) is 19.1 Å². The Morgan fingerprint density at radius 1 is 0.412 bits per heavy atom. The van der Waals surface area contributed by atoms with Gasteiger partial charge in [0.2, 0.25) is 0 Å². The summed E-state index contributed by atoms with van der Waals surface area (Å²) >= 11 is 0. The second-order valence-electron chi connectivity index (χ2n) is 13.5. The van der Waals surface area contributed by atoms with Crippen molar-refractivity contribution in [2.24, 2.45) is 0 Å². The van der Waals surface area contributed by atoms with Gasteiger partial charge in [-0.15, -0.1) is 0 Å². The van der Waals surface area contributed by atoms with Gasteiger partial charge in [0.25, 0.3) is 0 Å². The Labute approximate surface area is 294 Å². The number of hydrogen-bond acceptors (Lipinski definition) is 2. The Balaban J connectivity index is 1.01. The van der Waals surface area contributed by atoms with Crippen molar-refractivity contribution >= 4 is 43.6 Å². The molecule has 0 aliphatic heterocycles. The van der Waals surface area contributed by atoms with E-state index in [1.54, 1.807) is 0 Å². The highest BCUT2D eigenvalue weighted by atomic mass is 15.0. The van der Waals surface area contributed by atoms with Crippen LogP contribution in [0.4, 0.5) is 0 Å². The quantitative estimate of drug-likeness (QED) is 0.190. The summed E-state index contributed by atoms with van der Waals surface area (Å²) in [6.07, 6.45) is 2.89. The monoisotopic (exact) mass is 650 g/mol. The van der Waals surface area contributed by atoms with Gasteiger partial charge in [0, 0.05) is 62.2 Å². The molecule has 4 nitrogen and oxygen atoms in total. The smallest absolute Gasteiger partial charge is 0.159 e. The zero-order valence-corrected chi connectivity index (χ0v) is 27.7. The molecule has 0 saturated carbocycles. The van der Waals surface area contributed by atoms with Crippen LogP contribution >= 0.6 is 0 Å². The molecule has 11 rings (SSSR count). The van der Waals surface area contributed by atoms with Gasteiger partial charge < -0.3 is 9.13 Å². The molecule has 51 heavy (non-hydrogen) atoms. The number of hydrogen-bond donors (Lipinski definition) is 0. The van der Waals surface area contributed by atoms with Crippen molar-refractivity contribution in [1.29, 1.82) is 0 Å². The lowest BCUT2D eigenvalue weighted by molar-refractivity contribution is 1.12. The molecule has 1 aliphatic rings. The Bertz CT molecular complexity index is 2980. The van der Waals surface area contributed by atoms with Crippen molar-refractivity contribution in [3.8, 4) is 45.1 Å². The molecule has 0 unspecified atom stereocenters. The summed E-state index contributed by atoms with van der Waals surface area (Å²) in [5.41, 5.74) is 15.3. The third-order valence-corrected chi connectivity index (χ3v) is 10.6. The fraction of sp³-hybridized carbons (Fsp3) is 0.0213. The molecule has 0 amide bonds. The Morgan fingerprint density at radius 3 is 1.61 bits per heavy atom. The Kier molecular flexibility index (Phi) is 5.98. The van der Waals surface area contributed by atoms with E-state index in [1.807, 2.05) is 6.20 Å². The second kappa shape index (κ2) is 10.9. The minimum absolute atomic E-state index is 0.757. The van der Waals surface area contributed by atoms with Gasteiger partial charge in [0.05, 0.1) is 27.8 Å². The molecule has 0 atom stereocenters. The number of fused-ring (bicyclic) bond motifs is 9. The molecular weight excluding hydrogens is 621 g/mol. The van der Waals surface area contributed by atoms with E-state index in [2.05, 4.69) is 173 Å². The van der Waals surface area contributed by atoms with E-state index in [0.717, 1.165) is 29.2 Å². The van der Waals surface area contributed by atoms with Gasteiger partial charge in [-0.05, 0) is 89.5 Å². The molecule has 0 saturated heterocycles. The third kappa shape index (κ3) is 4.26. The Hall–Kier alpha value is -6.78. The highest BCUT2D eigenvalue weighted by molar-refractivity contribution is 6.12. The average molecular weight is 651 g/mol. The van der Waals surface area contributed by atoms with E-state index in [0.29, 0.717) is 0 Å². The predicted octanol–water partition coefficient (Wildman–Crippen LogP) is 11.6. The minimum Gasteiger partial charge on any atom is -0.309 e. The first-order chi connectivity index (χ1) is 25.3. The first-order valence-electron chi connectivity index (χ1n) is 17.5.